The highest BCUT2D eigenvalue weighted by atomic mass is 79.9. The van der Waals surface area contributed by atoms with Crippen LogP contribution in [-0.4, -0.2) is 11.0 Å². The van der Waals surface area contributed by atoms with Crippen LogP contribution >= 0.6 is 15.9 Å². The van der Waals surface area contributed by atoms with E-state index in [1.54, 1.807) is 0 Å². The molecule has 1 aromatic heterocycles. The fourth-order valence-corrected chi connectivity index (χ4v) is 5.57. The number of nitrogens with one attached hydrogen (secondary N) is 2. The second-order valence-electron chi connectivity index (χ2n) is 8.28. The maximum Gasteiger partial charge on any atom is 0.0478 e. The van der Waals surface area contributed by atoms with Gasteiger partial charge in [-0.15, -0.1) is 0 Å². The number of halogens is 1. The van der Waals surface area contributed by atoms with E-state index in [9.17, 15) is 0 Å². The summed E-state index contributed by atoms with van der Waals surface area (Å²) < 4.78 is 1.17. The largest absolute Gasteiger partial charge is 0.357 e. The van der Waals surface area contributed by atoms with Crippen molar-refractivity contribution in [3.05, 3.63) is 69.8 Å². The molecule has 2 aromatic carbocycles. The number of aromatic nitrogens is 1. The number of benzene rings is 2. The molecule has 2 N–H and O–H groups in total. The predicted molar refractivity (Wildman–Crippen MR) is 116 cm³/mol. The third kappa shape index (κ3) is 3.48. The normalized spacial score (nSPS) is 25.4. The molecule has 2 aliphatic rings. The molecule has 27 heavy (non-hydrogen) atoms. The molecule has 140 valence electrons. The molecule has 1 unspecified atom stereocenters. The number of rotatable bonds is 3. The zero-order chi connectivity index (χ0) is 18.2. The van der Waals surface area contributed by atoms with E-state index in [2.05, 4.69) is 74.8 Å². The topological polar surface area (TPSA) is 27.8 Å². The average Bonchev–Trinajstić information content (AvgIpc) is 3.08. The minimum atomic E-state index is 0.484. The zero-order valence-corrected chi connectivity index (χ0v) is 17.3. The maximum absolute atomic E-state index is 4.02. The SMILES string of the molecule is Brc1ccc2[nH]c3c(c2c1)CCCC3NC1CCC(c2ccccc2)CC1. The Hall–Kier alpha value is -1.58. The summed E-state index contributed by atoms with van der Waals surface area (Å²) in [6.07, 6.45) is 8.92. The van der Waals surface area contributed by atoms with Crippen LogP contribution in [0.5, 0.6) is 0 Å². The molecule has 1 fully saturated rings. The standard InChI is InChI=1S/C24H27BrN2/c25-18-11-14-22-21(15-18)20-7-4-8-23(24(20)27-22)26-19-12-9-17(10-13-19)16-5-2-1-3-6-16/h1-3,5-6,11,14-15,17,19,23,26-27H,4,7-10,12-13H2. The summed E-state index contributed by atoms with van der Waals surface area (Å²) in [5, 5.41) is 5.42. The molecule has 0 aliphatic heterocycles. The molecular formula is C24H27BrN2. The van der Waals surface area contributed by atoms with Gasteiger partial charge >= 0.3 is 0 Å². The number of hydrogen-bond donors (Lipinski definition) is 2. The number of H-pyrrole nitrogens is 1. The van der Waals surface area contributed by atoms with Crippen LogP contribution in [0.1, 0.15) is 67.3 Å². The van der Waals surface area contributed by atoms with Crippen molar-refractivity contribution < 1.29 is 0 Å². The lowest BCUT2D eigenvalue weighted by Gasteiger charge is -2.34. The molecule has 5 rings (SSSR count). The van der Waals surface area contributed by atoms with Crippen molar-refractivity contribution >= 4 is 26.8 Å². The Morgan fingerprint density at radius 3 is 2.56 bits per heavy atom. The summed E-state index contributed by atoms with van der Waals surface area (Å²) in [5.74, 6) is 0.747. The van der Waals surface area contributed by atoms with Crippen LogP contribution in [0.25, 0.3) is 10.9 Å². The third-order valence-electron chi connectivity index (χ3n) is 6.60. The lowest BCUT2D eigenvalue weighted by molar-refractivity contribution is 0.300. The van der Waals surface area contributed by atoms with Gasteiger partial charge in [-0.05, 0) is 80.2 Å². The highest BCUT2D eigenvalue weighted by molar-refractivity contribution is 9.10. The first-order chi connectivity index (χ1) is 13.3. The third-order valence-corrected chi connectivity index (χ3v) is 7.10. The lowest BCUT2D eigenvalue weighted by Crippen LogP contribution is -2.37. The maximum atomic E-state index is 4.02. The van der Waals surface area contributed by atoms with E-state index in [1.165, 1.54) is 77.1 Å². The van der Waals surface area contributed by atoms with E-state index >= 15 is 0 Å². The van der Waals surface area contributed by atoms with E-state index in [0.717, 1.165) is 5.92 Å². The van der Waals surface area contributed by atoms with Crippen molar-refractivity contribution in [2.75, 3.05) is 0 Å². The highest BCUT2D eigenvalue weighted by Gasteiger charge is 2.28. The van der Waals surface area contributed by atoms with Gasteiger partial charge < -0.3 is 10.3 Å². The number of aromatic amines is 1. The molecule has 0 saturated heterocycles. The van der Waals surface area contributed by atoms with Gasteiger partial charge in [-0.3, -0.25) is 0 Å². The first-order valence-corrected chi connectivity index (χ1v) is 11.2. The first kappa shape index (κ1) is 17.5. The van der Waals surface area contributed by atoms with Crippen LogP contribution in [0, 0.1) is 0 Å². The second kappa shape index (κ2) is 7.44. The Morgan fingerprint density at radius 2 is 1.74 bits per heavy atom. The van der Waals surface area contributed by atoms with E-state index in [4.69, 9.17) is 0 Å². The Bertz CT molecular complexity index is 922. The van der Waals surface area contributed by atoms with Crippen molar-refractivity contribution in [3.8, 4) is 0 Å². The van der Waals surface area contributed by atoms with Crippen LogP contribution in [0.4, 0.5) is 0 Å². The van der Waals surface area contributed by atoms with Crippen LogP contribution < -0.4 is 5.32 Å². The number of fused-ring (bicyclic) bond motifs is 3. The molecule has 1 atom stereocenters. The molecule has 0 radical (unpaired) electrons. The molecule has 0 bridgehead atoms. The second-order valence-corrected chi connectivity index (χ2v) is 9.19. The van der Waals surface area contributed by atoms with Gasteiger partial charge in [-0.2, -0.15) is 0 Å². The lowest BCUT2D eigenvalue weighted by atomic mass is 9.81. The smallest absolute Gasteiger partial charge is 0.0478 e. The number of hydrogen-bond acceptors (Lipinski definition) is 1. The monoisotopic (exact) mass is 422 g/mol. The molecule has 2 aliphatic carbocycles. The van der Waals surface area contributed by atoms with Gasteiger partial charge in [0, 0.05) is 33.2 Å². The Kier molecular flexibility index (Phi) is 4.83. The van der Waals surface area contributed by atoms with Crippen molar-refractivity contribution in [2.45, 2.75) is 62.9 Å². The van der Waals surface area contributed by atoms with E-state index in [0.29, 0.717) is 12.1 Å². The molecule has 0 amide bonds. The van der Waals surface area contributed by atoms with Crippen LogP contribution in [0.3, 0.4) is 0 Å². The van der Waals surface area contributed by atoms with Crippen LogP contribution in [0.2, 0.25) is 0 Å². The molecule has 2 nitrogen and oxygen atoms in total. The van der Waals surface area contributed by atoms with Crippen molar-refractivity contribution in [1.82, 2.24) is 10.3 Å². The van der Waals surface area contributed by atoms with Gasteiger partial charge in [0.1, 0.15) is 0 Å². The van der Waals surface area contributed by atoms with E-state index < -0.39 is 0 Å². The first-order valence-electron chi connectivity index (χ1n) is 10.4. The summed E-state index contributed by atoms with van der Waals surface area (Å²) in [6, 6.07) is 18.8. The molecule has 3 aromatic rings. The molecule has 3 heteroatoms. The van der Waals surface area contributed by atoms with Gasteiger partial charge in [0.05, 0.1) is 0 Å². The van der Waals surface area contributed by atoms with E-state index in [-0.39, 0.29) is 0 Å². The average molecular weight is 423 g/mol. The quantitative estimate of drug-likeness (QED) is 0.487. The Balaban J connectivity index is 1.30. The summed E-state index contributed by atoms with van der Waals surface area (Å²) >= 11 is 3.64. The Morgan fingerprint density at radius 1 is 0.926 bits per heavy atom. The minimum Gasteiger partial charge on any atom is -0.357 e. The highest BCUT2D eigenvalue weighted by Crippen LogP contribution is 2.38. The van der Waals surface area contributed by atoms with Crippen molar-refractivity contribution in [2.24, 2.45) is 0 Å². The summed E-state index contributed by atoms with van der Waals surface area (Å²) in [7, 11) is 0. The van der Waals surface area contributed by atoms with Crippen LogP contribution in [-0.2, 0) is 6.42 Å². The molecule has 0 spiro atoms. The van der Waals surface area contributed by atoms with Crippen LogP contribution in [0.15, 0.2) is 53.0 Å². The zero-order valence-electron chi connectivity index (χ0n) is 15.7. The molecule has 1 heterocycles. The summed E-state index contributed by atoms with van der Waals surface area (Å²) in [5.41, 5.74) is 5.79. The summed E-state index contributed by atoms with van der Waals surface area (Å²) in [6.45, 7) is 0. The Labute approximate surface area is 169 Å². The van der Waals surface area contributed by atoms with Gasteiger partial charge in [0.15, 0.2) is 0 Å². The fourth-order valence-electron chi connectivity index (χ4n) is 5.20. The minimum absolute atomic E-state index is 0.484. The van der Waals surface area contributed by atoms with Gasteiger partial charge in [-0.1, -0.05) is 46.3 Å². The van der Waals surface area contributed by atoms with Crippen molar-refractivity contribution in [1.29, 1.82) is 0 Å². The molecule has 1 saturated carbocycles. The fraction of sp³-hybridized carbons (Fsp3) is 0.417. The predicted octanol–water partition coefficient (Wildman–Crippen LogP) is 6.62. The van der Waals surface area contributed by atoms with Gasteiger partial charge in [0.25, 0.3) is 0 Å². The van der Waals surface area contributed by atoms with E-state index in [1.807, 2.05) is 0 Å². The molecular weight excluding hydrogens is 396 g/mol. The van der Waals surface area contributed by atoms with Gasteiger partial charge in [-0.25, -0.2) is 0 Å². The van der Waals surface area contributed by atoms with Crippen molar-refractivity contribution in [3.63, 3.8) is 0 Å². The summed E-state index contributed by atoms with van der Waals surface area (Å²) in [4.78, 5) is 3.73. The van der Waals surface area contributed by atoms with Gasteiger partial charge in [0.2, 0.25) is 0 Å². The number of aryl methyl sites for hydroxylation is 1.